The standard InChI is InChI=1S/C14H18N2O3/c1-15-7-8-16(10-14(15)18)13(17)9-11-3-5-12(19-2)6-4-11/h3-6H,7-10H2,1-2H3. The molecule has 2 amide bonds. The van der Waals surface area contributed by atoms with Crippen LogP contribution < -0.4 is 4.74 Å². The first-order valence-corrected chi connectivity index (χ1v) is 6.25. The Balaban J connectivity index is 1.95. The van der Waals surface area contributed by atoms with Crippen molar-refractivity contribution in [3.05, 3.63) is 29.8 Å². The van der Waals surface area contributed by atoms with Crippen molar-refractivity contribution in [2.45, 2.75) is 6.42 Å². The lowest BCUT2D eigenvalue weighted by Crippen LogP contribution is -2.51. The van der Waals surface area contributed by atoms with Gasteiger partial charge >= 0.3 is 0 Å². The van der Waals surface area contributed by atoms with Crippen LogP contribution in [0.1, 0.15) is 5.56 Å². The second kappa shape index (κ2) is 5.73. The molecule has 1 aliphatic heterocycles. The van der Waals surface area contributed by atoms with Gasteiger partial charge in [-0.1, -0.05) is 12.1 Å². The summed E-state index contributed by atoms with van der Waals surface area (Å²) in [7, 11) is 3.36. The van der Waals surface area contributed by atoms with E-state index in [-0.39, 0.29) is 18.4 Å². The first-order valence-electron chi connectivity index (χ1n) is 6.25. The highest BCUT2D eigenvalue weighted by Crippen LogP contribution is 2.13. The lowest BCUT2D eigenvalue weighted by molar-refractivity contribution is -0.143. The second-order valence-corrected chi connectivity index (χ2v) is 4.66. The van der Waals surface area contributed by atoms with E-state index >= 15 is 0 Å². The Morgan fingerprint density at radius 3 is 2.53 bits per heavy atom. The van der Waals surface area contributed by atoms with Gasteiger partial charge in [0, 0.05) is 20.1 Å². The molecule has 5 nitrogen and oxygen atoms in total. The van der Waals surface area contributed by atoms with Gasteiger partial charge in [-0.2, -0.15) is 0 Å². The lowest BCUT2D eigenvalue weighted by atomic mass is 10.1. The molecular weight excluding hydrogens is 244 g/mol. The van der Waals surface area contributed by atoms with E-state index in [1.165, 1.54) is 0 Å². The molecule has 1 heterocycles. The number of carbonyl (C=O) groups excluding carboxylic acids is 2. The largest absolute Gasteiger partial charge is 0.497 e. The Hall–Kier alpha value is -2.04. The summed E-state index contributed by atoms with van der Waals surface area (Å²) < 4.78 is 5.07. The van der Waals surface area contributed by atoms with E-state index in [9.17, 15) is 9.59 Å². The molecule has 19 heavy (non-hydrogen) atoms. The van der Waals surface area contributed by atoms with Crippen LogP contribution >= 0.6 is 0 Å². The van der Waals surface area contributed by atoms with Gasteiger partial charge in [-0.15, -0.1) is 0 Å². The van der Waals surface area contributed by atoms with Crippen molar-refractivity contribution in [2.24, 2.45) is 0 Å². The zero-order valence-corrected chi connectivity index (χ0v) is 11.3. The van der Waals surface area contributed by atoms with Crippen molar-refractivity contribution < 1.29 is 14.3 Å². The van der Waals surface area contributed by atoms with E-state index in [1.807, 2.05) is 24.3 Å². The Morgan fingerprint density at radius 1 is 1.26 bits per heavy atom. The fourth-order valence-electron chi connectivity index (χ4n) is 2.00. The van der Waals surface area contributed by atoms with Gasteiger partial charge in [0.2, 0.25) is 11.8 Å². The predicted octanol–water partition coefficient (Wildman–Crippen LogP) is 0.538. The first kappa shape index (κ1) is 13.4. The molecule has 1 fully saturated rings. The number of rotatable bonds is 3. The zero-order chi connectivity index (χ0) is 13.8. The zero-order valence-electron chi connectivity index (χ0n) is 11.3. The highest BCUT2D eigenvalue weighted by molar-refractivity contribution is 5.86. The van der Waals surface area contributed by atoms with Gasteiger partial charge in [0.15, 0.2) is 0 Å². The molecule has 1 aromatic carbocycles. The van der Waals surface area contributed by atoms with E-state index in [0.717, 1.165) is 11.3 Å². The maximum absolute atomic E-state index is 12.1. The summed E-state index contributed by atoms with van der Waals surface area (Å²) in [4.78, 5) is 26.9. The average molecular weight is 262 g/mol. The molecule has 0 radical (unpaired) electrons. The normalized spacial score (nSPS) is 15.6. The van der Waals surface area contributed by atoms with Crippen molar-refractivity contribution >= 4 is 11.8 Å². The van der Waals surface area contributed by atoms with Gasteiger partial charge in [0.25, 0.3) is 0 Å². The number of hydrogen-bond donors (Lipinski definition) is 0. The van der Waals surface area contributed by atoms with E-state index in [2.05, 4.69) is 0 Å². The predicted molar refractivity (Wildman–Crippen MR) is 70.9 cm³/mol. The van der Waals surface area contributed by atoms with Crippen molar-refractivity contribution in [1.82, 2.24) is 9.80 Å². The SMILES string of the molecule is COc1ccc(CC(=O)N2CCN(C)C(=O)C2)cc1. The van der Waals surface area contributed by atoms with Gasteiger partial charge in [0.1, 0.15) is 5.75 Å². The third-order valence-corrected chi connectivity index (χ3v) is 3.32. The highest BCUT2D eigenvalue weighted by atomic mass is 16.5. The molecule has 1 aromatic rings. The minimum atomic E-state index is -0.00776. The number of ether oxygens (including phenoxy) is 1. The fraction of sp³-hybridized carbons (Fsp3) is 0.429. The number of methoxy groups -OCH3 is 1. The molecule has 102 valence electrons. The number of amides is 2. The van der Waals surface area contributed by atoms with Gasteiger partial charge in [-0.3, -0.25) is 9.59 Å². The third kappa shape index (κ3) is 3.24. The van der Waals surface area contributed by atoms with Gasteiger partial charge in [-0.25, -0.2) is 0 Å². The highest BCUT2D eigenvalue weighted by Gasteiger charge is 2.24. The molecule has 1 saturated heterocycles. The number of benzene rings is 1. The van der Waals surface area contributed by atoms with Crippen LogP contribution in [0.25, 0.3) is 0 Å². The third-order valence-electron chi connectivity index (χ3n) is 3.32. The Kier molecular flexibility index (Phi) is 4.04. The summed E-state index contributed by atoms with van der Waals surface area (Å²) in [6.45, 7) is 1.40. The van der Waals surface area contributed by atoms with Crippen LogP contribution in [0.3, 0.4) is 0 Å². The summed E-state index contributed by atoms with van der Waals surface area (Å²) in [6, 6.07) is 7.40. The van der Waals surface area contributed by atoms with Crippen LogP contribution in [-0.2, 0) is 16.0 Å². The molecule has 0 unspecified atom stereocenters. The minimum absolute atomic E-state index is 0.00525. The second-order valence-electron chi connectivity index (χ2n) is 4.66. The summed E-state index contributed by atoms with van der Waals surface area (Å²) >= 11 is 0. The molecule has 0 bridgehead atoms. The Bertz CT molecular complexity index is 470. The number of carbonyl (C=O) groups is 2. The van der Waals surface area contributed by atoms with Crippen LogP contribution in [0.5, 0.6) is 5.75 Å². The molecule has 0 atom stereocenters. The average Bonchev–Trinajstić information content (AvgIpc) is 2.42. The van der Waals surface area contributed by atoms with Crippen molar-refractivity contribution in [2.75, 3.05) is 33.8 Å². The lowest BCUT2D eigenvalue weighted by Gasteiger charge is -2.32. The number of piperazine rings is 1. The van der Waals surface area contributed by atoms with Crippen LogP contribution in [0.15, 0.2) is 24.3 Å². The van der Waals surface area contributed by atoms with Crippen molar-refractivity contribution in [3.8, 4) is 5.75 Å². The molecule has 5 heteroatoms. The van der Waals surface area contributed by atoms with Gasteiger partial charge in [0.05, 0.1) is 20.1 Å². The number of nitrogens with zero attached hydrogens (tertiary/aromatic N) is 2. The molecular formula is C14H18N2O3. The van der Waals surface area contributed by atoms with Crippen molar-refractivity contribution in [1.29, 1.82) is 0 Å². The maximum Gasteiger partial charge on any atom is 0.241 e. The quantitative estimate of drug-likeness (QED) is 0.799. The number of hydrogen-bond acceptors (Lipinski definition) is 3. The monoisotopic (exact) mass is 262 g/mol. The van der Waals surface area contributed by atoms with E-state index < -0.39 is 0 Å². The van der Waals surface area contributed by atoms with Crippen LogP contribution in [0, 0.1) is 0 Å². The molecule has 0 aliphatic carbocycles. The van der Waals surface area contributed by atoms with Crippen LogP contribution in [-0.4, -0.2) is 55.4 Å². The fourth-order valence-corrected chi connectivity index (χ4v) is 2.00. The number of likely N-dealkylation sites (N-methyl/N-ethyl adjacent to an activating group) is 1. The smallest absolute Gasteiger partial charge is 0.241 e. The summed E-state index contributed by atoms with van der Waals surface area (Å²) in [5.41, 5.74) is 0.928. The minimum Gasteiger partial charge on any atom is -0.497 e. The molecule has 0 N–H and O–H groups in total. The van der Waals surface area contributed by atoms with Crippen LogP contribution in [0.4, 0.5) is 0 Å². The molecule has 2 rings (SSSR count). The van der Waals surface area contributed by atoms with Gasteiger partial charge in [-0.05, 0) is 17.7 Å². The van der Waals surface area contributed by atoms with Gasteiger partial charge < -0.3 is 14.5 Å². The van der Waals surface area contributed by atoms with E-state index in [1.54, 1.807) is 24.0 Å². The van der Waals surface area contributed by atoms with E-state index in [4.69, 9.17) is 4.74 Å². The Morgan fingerprint density at radius 2 is 1.95 bits per heavy atom. The first-order chi connectivity index (χ1) is 9.10. The summed E-state index contributed by atoms with van der Waals surface area (Å²) in [5.74, 6) is 0.756. The molecule has 0 spiro atoms. The van der Waals surface area contributed by atoms with Crippen molar-refractivity contribution in [3.63, 3.8) is 0 Å². The topological polar surface area (TPSA) is 49.9 Å². The Labute approximate surface area is 112 Å². The molecule has 0 aromatic heterocycles. The molecule has 0 saturated carbocycles. The van der Waals surface area contributed by atoms with Crippen LogP contribution in [0.2, 0.25) is 0 Å². The molecule has 1 aliphatic rings. The summed E-state index contributed by atoms with van der Waals surface area (Å²) in [6.07, 6.45) is 0.320. The van der Waals surface area contributed by atoms with E-state index in [0.29, 0.717) is 19.5 Å². The maximum atomic E-state index is 12.1. The summed E-state index contributed by atoms with van der Waals surface area (Å²) in [5, 5.41) is 0.